The highest BCUT2D eigenvalue weighted by Gasteiger charge is 2.75. The quantitative estimate of drug-likeness (QED) is 0.0181. The monoisotopic (exact) mass is 798 g/mol. The third kappa shape index (κ3) is 14.2. The van der Waals surface area contributed by atoms with E-state index in [4.69, 9.17) is 4.74 Å². The molecule has 12 nitrogen and oxygen atoms in total. The minimum absolute atomic E-state index is 0.0685. The normalized spacial score (nSPS) is 16.1. The Hall–Kier alpha value is -3.99. The first-order chi connectivity index (χ1) is 24.0. The van der Waals surface area contributed by atoms with Gasteiger partial charge in [0.1, 0.15) is 19.9 Å². The van der Waals surface area contributed by atoms with E-state index in [0.717, 1.165) is 6.08 Å². The number of alkyl halides is 7. The molecule has 0 N–H and O–H groups in total. The number of rotatable bonds is 24. The number of allylic oxidation sites excluding steroid dienone is 7. The summed E-state index contributed by atoms with van der Waals surface area (Å²) >= 11 is 0. The third-order valence-corrected chi connectivity index (χ3v) is 4.89. The SMILES string of the molecule is C=CC(=O)OCC(COOOOOOOCCCOC(F)(/C(F)=C(F)/C(F)=C(F)/C(F)=C(F)/C(F)=C(\F)CF)C(F)(F)C(F)(F)F)OC(=O)C(=C)C. The van der Waals surface area contributed by atoms with Crippen LogP contribution in [0.4, 0.5) is 65.9 Å². The lowest BCUT2D eigenvalue weighted by Gasteiger charge is -2.33. The number of esters is 2. The molecule has 0 fully saturated rings. The molecular formula is C25H21F15O12. The Morgan fingerprint density at radius 2 is 1.21 bits per heavy atom. The maximum Gasteiger partial charge on any atom is 0.460 e. The van der Waals surface area contributed by atoms with Crippen LogP contribution in [-0.2, 0) is 58.8 Å². The summed E-state index contributed by atoms with van der Waals surface area (Å²) in [7, 11) is 0. The van der Waals surface area contributed by atoms with Crippen molar-refractivity contribution in [3.8, 4) is 0 Å². The zero-order valence-electron chi connectivity index (χ0n) is 25.4. The van der Waals surface area contributed by atoms with Gasteiger partial charge in [-0.2, -0.15) is 31.2 Å². The fraction of sp³-hybridized carbons (Fsp3) is 0.440. The Kier molecular flexibility index (Phi) is 20.5. The second kappa shape index (κ2) is 22.2. The van der Waals surface area contributed by atoms with E-state index in [1.165, 1.54) is 6.92 Å². The van der Waals surface area contributed by atoms with Gasteiger partial charge in [0, 0.05) is 11.6 Å². The Labute approximate surface area is 279 Å². The molecule has 0 aromatic rings. The van der Waals surface area contributed by atoms with Gasteiger partial charge in [-0.1, -0.05) is 13.2 Å². The van der Waals surface area contributed by atoms with Crippen molar-refractivity contribution in [3.05, 3.63) is 71.4 Å². The molecule has 52 heavy (non-hydrogen) atoms. The van der Waals surface area contributed by atoms with Crippen LogP contribution in [0.15, 0.2) is 71.4 Å². The van der Waals surface area contributed by atoms with Crippen molar-refractivity contribution in [2.75, 3.05) is 33.1 Å². The van der Waals surface area contributed by atoms with E-state index in [1.54, 1.807) is 0 Å². The van der Waals surface area contributed by atoms with Crippen LogP contribution in [0.1, 0.15) is 13.3 Å². The fourth-order valence-electron chi connectivity index (χ4n) is 2.42. The number of hydrogen-bond donors (Lipinski definition) is 0. The number of ether oxygens (including phenoxy) is 3. The van der Waals surface area contributed by atoms with Crippen molar-refractivity contribution in [2.45, 2.75) is 37.4 Å². The lowest BCUT2D eigenvalue weighted by molar-refractivity contribution is -0.790. The van der Waals surface area contributed by atoms with Crippen molar-refractivity contribution in [1.29, 1.82) is 0 Å². The Bertz CT molecular complexity index is 1380. The van der Waals surface area contributed by atoms with Crippen molar-refractivity contribution >= 4 is 11.9 Å². The largest absolute Gasteiger partial charge is 0.460 e. The molecule has 0 radical (unpaired) electrons. The molecule has 0 bridgehead atoms. The summed E-state index contributed by atoms with van der Waals surface area (Å²) in [4.78, 5) is 31.1. The van der Waals surface area contributed by atoms with E-state index >= 15 is 0 Å². The van der Waals surface area contributed by atoms with Gasteiger partial charge >= 0.3 is 29.9 Å². The lowest BCUT2D eigenvalue weighted by atomic mass is 10.1. The summed E-state index contributed by atoms with van der Waals surface area (Å²) in [6.45, 7) is 0.905. The Morgan fingerprint density at radius 3 is 1.71 bits per heavy atom. The van der Waals surface area contributed by atoms with Gasteiger partial charge in [-0.15, -0.1) is 0 Å². The highest BCUT2D eigenvalue weighted by Crippen LogP contribution is 2.51. The van der Waals surface area contributed by atoms with Gasteiger partial charge < -0.3 is 14.2 Å². The van der Waals surface area contributed by atoms with Gasteiger partial charge in [0.15, 0.2) is 29.4 Å². The third-order valence-electron chi connectivity index (χ3n) is 4.89. The maximum atomic E-state index is 14.8. The van der Waals surface area contributed by atoms with E-state index in [1.807, 2.05) is 0 Å². The fourth-order valence-corrected chi connectivity index (χ4v) is 2.42. The summed E-state index contributed by atoms with van der Waals surface area (Å²) in [5.74, 6) is -44.6. The summed E-state index contributed by atoms with van der Waals surface area (Å²) in [5, 5.41) is 18.6. The van der Waals surface area contributed by atoms with Crippen LogP contribution in [0.5, 0.6) is 0 Å². The van der Waals surface area contributed by atoms with Crippen LogP contribution in [-0.4, -0.2) is 69.1 Å². The van der Waals surface area contributed by atoms with E-state index in [2.05, 4.69) is 57.6 Å². The predicted molar refractivity (Wildman–Crippen MR) is 132 cm³/mol. The zero-order chi connectivity index (χ0) is 40.4. The molecule has 0 rings (SSSR count). The van der Waals surface area contributed by atoms with E-state index in [-0.39, 0.29) is 5.57 Å². The molecule has 298 valence electrons. The molecular weight excluding hydrogens is 777 g/mol. The van der Waals surface area contributed by atoms with Gasteiger partial charge in [-0.3, -0.25) is 0 Å². The van der Waals surface area contributed by atoms with Gasteiger partial charge in [0.25, 0.3) is 0 Å². The minimum Gasteiger partial charge on any atom is -0.458 e. The lowest BCUT2D eigenvalue weighted by Crippen LogP contribution is -2.56. The highest BCUT2D eigenvalue weighted by atomic mass is 19.4. The van der Waals surface area contributed by atoms with Crippen LogP contribution in [0, 0.1) is 0 Å². The zero-order valence-corrected chi connectivity index (χ0v) is 25.4. The molecule has 27 heteroatoms. The standard InChI is InChI=1S/C25H21F15O12/c1-4-14(41)43-9-12(47-22(42)11(2)3)10-46-49-51-52-50-48-45-7-5-6-44-23(35,24(36,37)25(38,39)40)21(34)20(33)19(32)18(31)17(30)16(29)15(28)13(27)8-26/h4,12H,1-2,5-10H2,3H3/b15-13+,17-16+,19-18+,21-20+. The summed E-state index contributed by atoms with van der Waals surface area (Å²) in [6.07, 6.45) is -8.87. The van der Waals surface area contributed by atoms with Crippen molar-refractivity contribution in [2.24, 2.45) is 0 Å². The highest BCUT2D eigenvalue weighted by molar-refractivity contribution is 5.87. The first-order valence-electron chi connectivity index (χ1n) is 12.8. The Balaban J connectivity index is 5.31. The average molecular weight is 798 g/mol. The van der Waals surface area contributed by atoms with Crippen molar-refractivity contribution in [3.63, 3.8) is 0 Å². The van der Waals surface area contributed by atoms with Crippen molar-refractivity contribution in [1.82, 2.24) is 0 Å². The van der Waals surface area contributed by atoms with E-state index in [9.17, 15) is 75.4 Å². The van der Waals surface area contributed by atoms with Crippen LogP contribution in [0.3, 0.4) is 0 Å². The van der Waals surface area contributed by atoms with E-state index in [0.29, 0.717) is 0 Å². The smallest absolute Gasteiger partial charge is 0.458 e. The van der Waals surface area contributed by atoms with E-state index < -0.39 is 122 Å². The van der Waals surface area contributed by atoms with Gasteiger partial charge in [-0.05, 0) is 38.5 Å². The molecule has 2 unspecified atom stereocenters. The number of carbonyl (C=O) groups is 2. The van der Waals surface area contributed by atoms with Crippen LogP contribution >= 0.6 is 0 Å². The molecule has 0 heterocycles. The molecule has 0 aliphatic rings. The second-order valence-corrected chi connectivity index (χ2v) is 8.69. The second-order valence-electron chi connectivity index (χ2n) is 8.69. The summed E-state index contributed by atoms with van der Waals surface area (Å²) in [6, 6.07) is 0. The molecule has 0 amide bonds. The number of carbonyl (C=O) groups excluding carboxylic acids is 2. The summed E-state index contributed by atoms with van der Waals surface area (Å²) in [5.41, 5.74) is -0.0685. The Morgan fingerprint density at radius 1 is 0.712 bits per heavy atom. The average Bonchev–Trinajstić information content (AvgIpc) is 3.10. The van der Waals surface area contributed by atoms with Crippen molar-refractivity contribution < 1.29 is 125 Å². The molecule has 0 aromatic carbocycles. The number of halogens is 15. The molecule has 0 aliphatic carbocycles. The molecule has 0 aromatic heterocycles. The maximum absolute atomic E-state index is 14.8. The molecule has 0 spiro atoms. The predicted octanol–water partition coefficient (Wildman–Crippen LogP) is 7.65. The molecule has 2 atom stereocenters. The molecule has 0 saturated carbocycles. The van der Waals surface area contributed by atoms with Crippen LogP contribution < -0.4 is 0 Å². The van der Waals surface area contributed by atoms with Gasteiger partial charge in [0.2, 0.25) is 23.3 Å². The topological polar surface area (TPSA) is 126 Å². The van der Waals surface area contributed by atoms with Gasteiger partial charge in [0.05, 0.1) is 13.2 Å². The minimum atomic E-state index is -7.18. The van der Waals surface area contributed by atoms with Crippen LogP contribution in [0.25, 0.3) is 0 Å². The first kappa shape index (κ1) is 48.0. The molecule has 0 aliphatic heterocycles. The number of hydrogen-bond acceptors (Lipinski definition) is 12. The van der Waals surface area contributed by atoms with Crippen LogP contribution in [0.2, 0.25) is 0 Å². The molecule has 0 saturated heterocycles. The van der Waals surface area contributed by atoms with Gasteiger partial charge in [-0.25, -0.2) is 54.0 Å². The summed E-state index contributed by atoms with van der Waals surface area (Å²) < 4.78 is 214. The first-order valence-corrected chi connectivity index (χ1v) is 12.8.